The van der Waals surface area contributed by atoms with Gasteiger partial charge in [0.1, 0.15) is 0 Å². The second kappa shape index (κ2) is 2.37. The van der Waals surface area contributed by atoms with Crippen LogP contribution in [0.25, 0.3) is 0 Å². The Balaban J connectivity index is 2.85. The van der Waals surface area contributed by atoms with Crippen molar-refractivity contribution >= 4 is 11.3 Å². The molecule has 9 heavy (non-hydrogen) atoms. The first kappa shape index (κ1) is 6.58. The summed E-state index contributed by atoms with van der Waals surface area (Å²) < 4.78 is 0. The Labute approximate surface area is 57.9 Å². The lowest BCUT2D eigenvalue weighted by Crippen LogP contribution is -2.01. The molecule has 0 aliphatic carbocycles. The fourth-order valence-corrected chi connectivity index (χ4v) is 1.29. The van der Waals surface area contributed by atoms with E-state index in [0.717, 1.165) is 4.88 Å². The summed E-state index contributed by atoms with van der Waals surface area (Å²) in [5.74, 6) is 0. The molecular formula is C6H9NOS. The molecule has 3 heteroatoms. The predicted molar refractivity (Wildman–Crippen MR) is 38.6 cm³/mol. The lowest BCUT2D eigenvalue weighted by atomic mass is 10.3. The summed E-state index contributed by atoms with van der Waals surface area (Å²) in [6.45, 7) is 1.89. The van der Waals surface area contributed by atoms with Crippen LogP contribution in [-0.2, 0) is 0 Å². The number of rotatable bonds is 1. The molecule has 0 fully saturated rings. The summed E-state index contributed by atoms with van der Waals surface area (Å²) in [4.78, 5) is 1.02. The van der Waals surface area contributed by atoms with Crippen molar-refractivity contribution < 1.29 is 5.11 Å². The number of aromatic hydroxyl groups is 1. The van der Waals surface area contributed by atoms with Gasteiger partial charge in [-0.2, -0.15) is 0 Å². The molecule has 1 unspecified atom stereocenters. The Hall–Kier alpha value is -0.540. The molecule has 3 N–H and O–H groups in total. The van der Waals surface area contributed by atoms with Crippen LogP contribution in [0.3, 0.4) is 0 Å². The van der Waals surface area contributed by atoms with E-state index >= 15 is 0 Å². The minimum absolute atomic E-state index is 0.0379. The van der Waals surface area contributed by atoms with Crippen molar-refractivity contribution in [3.05, 3.63) is 17.0 Å². The fraction of sp³-hybridized carbons (Fsp3) is 0.333. The third-order valence-electron chi connectivity index (χ3n) is 1.06. The highest BCUT2D eigenvalue weighted by Crippen LogP contribution is 2.25. The van der Waals surface area contributed by atoms with E-state index in [1.807, 2.05) is 13.0 Å². The van der Waals surface area contributed by atoms with Crippen molar-refractivity contribution in [3.8, 4) is 5.06 Å². The Morgan fingerprint density at radius 3 is 2.56 bits per heavy atom. The molecule has 0 amide bonds. The second-order valence-electron chi connectivity index (χ2n) is 1.96. The maximum atomic E-state index is 8.86. The molecule has 0 aliphatic heterocycles. The van der Waals surface area contributed by atoms with E-state index in [4.69, 9.17) is 10.8 Å². The van der Waals surface area contributed by atoms with Crippen LogP contribution in [0, 0.1) is 0 Å². The zero-order valence-electron chi connectivity index (χ0n) is 5.16. The van der Waals surface area contributed by atoms with Gasteiger partial charge in [0.2, 0.25) is 0 Å². The first-order chi connectivity index (χ1) is 4.20. The van der Waals surface area contributed by atoms with E-state index in [1.165, 1.54) is 11.3 Å². The van der Waals surface area contributed by atoms with E-state index < -0.39 is 0 Å². The molecule has 2 nitrogen and oxygen atoms in total. The maximum absolute atomic E-state index is 8.86. The second-order valence-corrected chi connectivity index (χ2v) is 3.06. The van der Waals surface area contributed by atoms with Crippen LogP contribution in [0.15, 0.2) is 12.1 Å². The van der Waals surface area contributed by atoms with E-state index in [0.29, 0.717) is 5.06 Å². The fourth-order valence-electron chi connectivity index (χ4n) is 0.587. The molecule has 1 heterocycles. The van der Waals surface area contributed by atoms with Crippen LogP contribution in [0.2, 0.25) is 0 Å². The molecule has 1 aromatic rings. The van der Waals surface area contributed by atoms with Crippen LogP contribution in [0.4, 0.5) is 0 Å². The smallest absolute Gasteiger partial charge is 0.171 e. The summed E-state index contributed by atoms with van der Waals surface area (Å²) in [5, 5.41) is 9.20. The quantitative estimate of drug-likeness (QED) is 0.625. The van der Waals surface area contributed by atoms with Gasteiger partial charge in [0.05, 0.1) is 0 Å². The van der Waals surface area contributed by atoms with Crippen molar-refractivity contribution in [2.45, 2.75) is 13.0 Å². The van der Waals surface area contributed by atoms with Gasteiger partial charge in [-0.05, 0) is 19.1 Å². The number of thiophene rings is 1. The molecule has 50 valence electrons. The summed E-state index contributed by atoms with van der Waals surface area (Å²) in [6.07, 6.45) is 0. The highest BCUT2D eigenvalue weighted by atomic mass is 32.1. The molecule has 0 radical (unpaired) electrons. The Morgan fingerprint density at radius 1 is 1.67 bits per heavy atom. The van der Waals surface area contributed by atoms with Gasteiger partial charge < -0.3 is 10.8 Å². The number of hydrogen-bond acceptors (Lipinski definition) is 3. The van der Waals surface area contributed by atoms with Crippen LogP contribution in [-0.4, -0.2) is 5.11 Å². The van der Waals surface area contributed by atoms with E-state index in [-0.39, 0.29) is 6.04 Å². The maximum Gasteiger partial charge on any atom is 0.171 e. The van der Waals surface area contributed by atoms with Gasteiger partial charge in [0.15, 0.2) is 5.06 Å². The number of nitrogens with two attached hydrogens (primary N) is 1. The number of hydrogen-bond donors (Lipinski definition) is 2. The van der Waals surface area contributed by atoms with E-state index in [2.05, 4.69) is 0 Å². The Kier molecular flexibility index (Phi) is 1.73. The third kappa shape index (κ3) is 1.43. The van der Waals surface area contributed by atoms with Crippen molar-refractivity contribution in [1.29, 1.82) is 0 Å². The normalized spacial score (nSPS) is 13.6. The van der Waals surface area contributed by atoms with Crippen molar-refractivity contribution in [2.75, 3.05) is 0 Å². The van der Waals surface area contributed by atoms with Crippen molar-refractivity contribution in [1.82, 2.24) is 0 Å². The highest BCUT2D eigenvalue weighted by Gasteiger charge is 2.01. The SMILES string of the molecule is CC(N)c1ccc(O)s1. The summed E-state index contributed by atoms with van der Waals surface area (Å²) in [5.41, 5.74) is 5.53. The standard InChI is InChI=1S/C6H9NOS/c1-4(7)5-2-3-6(8)9-5/h2-4,8H,7H2,1H3. The molecule has 0 spiro atoms. The Morgan fingerprint density at radius 2 is 2.33 bits per heavy atom. The van der Waals surface area contributed by atoms with Crippen molar-refractivity contribution in [2.24, 2.45) is 5.73 Å². The van der Waals surface area contributed by atoms with E-state index in [1.54, 1.807) is 6.07 Å². The third-order valence-corrected chi connectivity index (χ3v) is 2.15. The molecule has 0 saturated heterocycles. The van der Waals surface area contributed by atoms with Gasteiger partial charge in [0, 0.05) is 10.9 Å². The average Bonchev–Trinajstić information content (AvgIpc) is 2.14. The highest BCUT2D eigenvalue weighted by molar-refractivity contribution is 7.13. The minimum atomic E-state index is 0.0379. The minimum Gasteiger partial charge on any atom is -0.499 e. The first-order valence-electron chi connectivity index (χ1n) is 2.74. The molecule has 0 saturated carbocycles. The van der Waals surface area contributed by atoms with Gasteiger partial charge >= 0.3 is 0 Å². The zero-order valence-corrected chi connectivity index (χ0v) is 5.98. The average molecular weight is 143 g/mol. The largest absolute Gasteiger partial charge is 0.499 e. The summed E-state index contributed by atoms with van der Waals surface area (Å²) >= 11 is 1.33. The van der Waals surface area contributed by atoms with Gasteiger partial charge in [0.25, 0.3) is 0 Å². The summed E-state index contributed by atoms with van der Waals surface area (Å²) in [6, 6.07) is 3.53. The molecule has 1 rings (SSSR count). The monoisotopic (exact) mass is 143 g/mol. The zero-order chi connectivity index (χ0) is 6.85. The Bertz CT molecular complexity index is 195. The van der Waals surface area contributed by atoms with Crippen LogP contribution >= 0.6 is 11.3 Å². The van der Waals surface area contributed by atoms with Crippen molar-refractivity contribution in [3.63, 3.8) is 0 Å². The topological polar surface area (TPSA) is 46.2 Å². The first-order valence-corrected chi connectivity index (χ1v) is 3.56. The molecule has 0 bridgehead atoms. The van der Waals surface area contributed by atoms with Crippen LogP contribution in [0.1, 0.15) is 17.8 Å². The molecule has 1 atom stereocenters. The lowest BCUT2D eigenvalue weighted by molar-refractivity contribution is 0.491. The predicted octanol–water partition coefficient (Wildman–Crippen LogP) is 1.47. The van der Waals surface area contributed by atoms with Crippen LogP contribution in [0.5, 0.6) is 5.06 Å². The lowest BCUT2D eigenvalue weighted by Gasteiger charge is -1.96. The van der Waals surface area contributed by atoms with Gasteiger partial charge in [-0.3, -0.25) is 0 Å². The summed E-state index contributed by atoms with van der Waals surface area (Å²) in [7, 11) is 0. The molecular weight excluding hydrogens is 134 g/mol. The van der Waals surface area contributed by atoms with Gasteiger partial charge in [-0.15, -0.1) is 11.3 Å². The molecule has 0 aliphatic rings. The molecule has 1 aromatic heterocycles. The van der Waals surface area contributed by atoms with E-state index in [9.17, 15) is 0 Å². The van der Waals surface area contributed by atoms with Crippen LogP contribution < -0.4 is 5.73 Å². The molecule has 0 aromatic carbocycles. The van der Waals surface area contributed by atoms with Gasteiger partial charge in [-0.1, -0.05) is 0 Å². The van der Waals surface area contributed by atoms with Gasteiger partial charge in [-0.25, -0.2) is 0 Å².